The fourth-order valence-corrected chi connectivity index (χ4v) is 4.44. The molecule has 0 bridgehead atoms. The van der Waals surface area contributed by atoms with Crippen molar-refractivity contribution in [1.29, 1.82) is 0 Å². The first kappa shape index (κ1) is 17.1. The first-order chi connectivity index (χ1) is 13.8. The minimum absolute atomic E-state index is 0.236. The van der Waals surface area contributed by atoms with Gasteiger partial charge in [0.15, 0.2) is 0 Å². The molecule has 1 unspecified atom stereocenters. The van der Waals surface area contributed by atoms with Crippen LogP contribution in [0.25, 0.3) is 10.9 Å². The molecule has 3 aromatic carbocycles. The predicted molar refractivity (Wildman–Crippen MR) is 114 cm³/mol. The minimum Gasteiger partial charge on any atom is -0.497 e. The van der Waals surface area contributed by atoms with E-state index < -0.39 is 0 Å². The topological polar surface area (TPSA) is 28.3 Å². The van der Waals surface area contributed by atoms with Crippen LogP contribution in [0.2, 0.25) is 0 Å². The normalized spacial score (nSPS) is 16.8. The van der Waals surface area contributed by atoms with Gasteiger partial charge < -0.3 is 9.72 Å². The van der Waals surface area contributed by atoms with Crippen LogP contribution in [0.15, 0.2) is 78.9 Å². The van der Waals surface area contributed by atoms with E-state index in [1.165, 1.54) is 33.3 Å². The second-order valence-electron chi connectivity index (χ2n) is 7.44. The van der Waals surface area contributed by atoms with Gasteiger partial charge in [0, 0.05) is 29.7 Å². The van der Waals surface area contributed by atoms with E-state index >= 15 is 0 Å². The molecule has 0 saturated carbocycles. The van der Waals surface area contributed by atoms with Gasteiger partial charge in [-0.1, -0.05) is 60.7 Å². The summed E-state index contributed by atoms with van der Waals surface area (Å²) in [6.07, 6.45) is 1.07. The van der Waals surface area contributed by atoms with E-state index in [0.29, 0.717) is 0 Å². The highest BCUT2D eigenvalue weighted by Crippen LogP contribution is 2.39. The summed E-state index contributed by atoms with van der Waals surface area (Å²) >= 11 is 0. The molecule has 1 aliphatic heterocycles. The quantitative estimate of drug-likeness (QED) is 0.528. The van der Waals surface area contributed by atoms with E-state index in [0.717, 1.165) is 25.3 Å². The number of ether oxygens (including phenoxy) is 1. The van der Waals surface area contributed by atoms with Gasteiger partial charge in [0.05, 0.1) is 13.2 Å². The molecule has 3 heteroatoms. The molecular weight excluding hydrogens is 344 g/mol. The molecule has 1 N–H and O–H groups in total. The number of methoxy groups -OCH3 is 1. The number of rotatable bonds is 4. The highest BCUT2D eigenvalue weighted by atomic mass is 16.5. The van der Waals surface area contributed by atoms with Gasteiger partial charge in [-0.2, -0.15) is 0 Å². The van der Waals surface area contributed by atoms with Crippen LogP contribution in [0, 0.1) is 0 Å². The van der Waals surface area contributed by atoms with Crippen LogP contribution >= 0.6 is 0 Å². The fraction of sp³-hybridized carbons (Fsp3) is 0.200. The van der Waals surface area contributed by atoms with Crippen molar-refractivity contribution < 1.29 is 4.74 Å². The maximum atomic E-state index is 5.31. The Bertz CT molecular complexity index is 1080. The van der Waals surface area contributed by atoms with Gasteiger partial charge >= 0.3 is 0 Å². The number of aromatic nitrogens is 1. The molecule has 1 aliphatic rings. The summed E-state index contributed by atoms with van der Waals surface area (Å²) in [7, 11) is 1.71. The molecule has 0 radical (unpaired) electrons. The Kier molecular flexibility index (Phi) is 4.38. The zero-order valence-corrected chi connectivity index (χ0v) is 16.1. The van der Waals surface area contributed by atoms with Gasteiger partial charge in [-0.25, -0.2) is 0 Å². The largest absolute Gasteiger partial charge is 0.497 e. The Balaban J connectivity index is 1.57. The molecule has 28 heavy (non-hydrogen) atoms. The second-order valence-corrected chi connectivity index (χ2v) is 7.44. The number of nitrogens with zero attached hydrogens (tertiary/aromatic N) is 1. The van der Waals surface area contributed by atoms with E-state index in [-0.39, 0.29) is 6.04 Å². The Morgan fingerprint density at radius 1 is 0.929 bits per heavy atom. The van der Waals surface area contributed by atoms with Crippen LogP contribution < -0.4 is 4.74 Å². The molecular formula is C25H24N2O. The van der Waals surface area contributed by atoms with Gasteiger partial charge in [-0.15, -0.1) is 0 Å². The van der Waals surface area contributed by atoms with E-state index in [4.69, 9.17) is 4.74 Å². The number of nitrogens with one attached hydrogen (secondary N) is 1. The van der Waals surface area contributed by atoms with Crippen LogP contribution in [-0.4, -0.2) is 23.5 Å². The third kappa shape index (κ3) is 2.98. The monoisotopic (exact) mass is 368 g/mol. The summed E-state index contributed by atoms with van der Waals surface area (Å²) in [6, 6.07) is 28.2. The van der Waals surface area contributed by atoms with Crippen molar-refractivity contribution in [2.75, 3.05) is 13.7 Å². The lowest BCUT2D eigenvalue weighted by atomic mass is 9.92. The van der Waals surface area contributed by atoms with Crippen LogP contribution in [0.3, 0.4) is 0 Å². The molecule has 2 heterocycles. The number of hydrogen-bond acceptors (Lipinski definition) is 2. The molecule has 3 nitrogen and oxygen atoms in total. The smallest absolute Gasteiger partial charge is 0.118 e. The molecule has 140 valence electrons. The third-order valence-corrected chi connectivity index (χ3v) is 5.79. The molecule has 0 spiro atoms. The summed E-state index contributed by atoms with van der Waals surface area (Å²) < 4.78 is 5.31. The number of hydrogen-bond donors (Lipinski definition) is 1. The molecule has 4 aromatic rings. The van der Waals surface area contributed by atoms with Gasteiger partial charge in [0.25, 0.3) is 0 Å². The number of fused-ring (bicyclic) bond motifs is 3. The predicted octanol–water partition coefficient (Wildman–Crippen LogP) is 5.32. The lowest BCUT2D eigenvalue weighted by Gasteiger charge is -2.36. The average molecular weight is 368 g/mol. The zero-order valence-electron chi connectivity index (χ0n) is 16.1. The Labute approximate surface area is 165 Å². The van der Waals surface area contributed by atoms with E-state index in [2.05, 4.69) is 76.6 Å². The highest BCUT2D eigenvalue weighted by molar-refractivity contribution is 5.85. The van der Waals surface area contributed by atoms with Crippen molar-refractivity contribution in [1.82, 2.24) is 9.88 Å². The Hall–Kier alpha value is -3.04. The highest BCUT2D eigenvalue weighted by Gasteiger charge is 2.31. The summed E-state index contributed by atoms with van der Waals surface area (Å²) in [5, 5.41) is 1.36. The molecule has 0 saturated heterocycles. The maximum absolute atomic E-state index is 5.31. The van der Waals surface area contributed by atoms with Gasteiger partial charge in [0.1, 0.15) is 5.75 Å². The maximum Gasteiger partial charge on any atom is 0.118 e. The van der Waals surface area contributed by atoms with Gasteiger partial charge in [0.2, 0.25) is 0 Å². The molecule has 1 aromatic heterocycles. The zero-order chi connectivity index (χ0) is 18.9. The fourth-order valence-electron chi connectivity index (χ4n) is 4.44. The minimum atomic E-state index is 0.236. The van der Waals surface area contributed by atoms with Crippen molar-refractivity contribution >= 4 is 10.9 Å². The molecule has 0 amide bonds. The molecule has 5 rings (SSSR count). The third-order valence-electron chi connectivity index (χ3n) is 5.79. The van der Waals surface area contributed by atoms with Crippen LogP contribution in [-0.2, 0) is 13.0 Å². The van der Waals surface area contributed by atoms with E-state index in [9.17, 15) is 0 Å². The second kappa shape index (κ2) is 7.17. The van der Waals surface area contributed by atoms with Crippen LogP contribution in [0.4, 0.5) is 0 Å². The lowest BCUT2D eigenvalue weighted by molar-refractivity contribution is 0.202. The van der Waals surface area contributed by atoms with Crippen molar-refractivity contribution in [2.24, 2.45) is 0 Å². The molecule has 1 atom stereocenters. The first-order valence-corrected chi connectivity index (χ1v) is 9.85. The average Bonchev–Trinajstić information content (AvgIpc) is 3.13. The summed E-state index contributed by atoms with van der Waals surface area (Å²) in [4.78, 5) is 6.32. The summed E-state index contributed by atoms with van der Waals surface area (Å²) in [5.41, 5.74) is 6.69. The van der Waals surface area contributed by atoms with Crippen molar-refractivity contribution in [3.05, 3.63) is 101 Å². The number of para-hydroxylation sites is 1. The van der Waals surface area contributed by atoms with E-state index in [1.807, 2.05) is 12.1 Å². The standard InChI is InChI=1S/C25H24N2O/c1-28-20-13-11-18(12-14-20)17-27-16-15-22-21-9-5-6-10-23(21)26-24(22)25(27)19-7-3-2-4-8-19/h2-14,25-26H,15-17H2,1H3. The molecule has 0 aliphatic carbocycles. The van der Waals surface area contributed by atoms with Crippen LogP contribution in [0.5, 0.6) is 5.75 Å². The van der Waals surface area contributed by atoms with Crippen molar-refractivity contribution in [3.63, 3.8) is 0 Å². The van der Waals surface area contributed by atoms with Crippen molar-refractivity contribution in [2.45, 2.75) is 19.0 Å². The summed E-state index contributed by atoms with van der Waals surface area (Å²) in [6.45, 7) is 1.96. The SMILES string of the molecule is COc1ccc(CN2CCc3c([nH]c4ccccc34)C2c2ccccc2)cc1. The lowest BCUT2D eigenvalue weighted by Crippen LogP contribution is -2.35. The Morgan fingerprint density at radius 2 is 1.68 bits per heavy atom. The number of benzene rings is 3. The van der Waals surface area contributed by atoms with Gasteiger partial charge in [-0.05, 0) is 41.3 Å². The van der Waals surface area contributed by atoms with Gasteiger partial charge in [-0.3, -0.25) is 4.90 Å². The molecule has 0 fully saturated rings. The Morgan fingerprint density at radius 3 is 2.46 bits per heavy atom. The van der Waals surface area contributed by atoms with Crippen LogP contribution in [0.1, 0.15) is 28.4 Å². The number of H-pyrrole nitrogens is 1. The van der Waals surface area contributed by atoms with E-state index in [1.54, 1.807) is 7.11 Å². The summed E-state index contributed by atoms with van der Waals surface area (Å²) in [5.74, 6) is 0.903. The van der Waals surface area contributed by atoms with Crippen molar-refractivity contribution in [3.8, 4) is 5.75 Å². The number of aromatic amines is 1. The first-order valence-electron chi connectivity index (χ1n) is 9.85.